The Balaban J connectivity index is 1.82. The van der Waals surface area contributed by atoms with Gasteiger partial charge in [-0.1, -0.05) is 0 Å². The lowest BCUT2D eigenvalue weighted by Gasteiger charge is -2.20. The molecule has 1 unspecified atom stereocenters. The van der Waals surface area contributed by atoms with E-state index in [0.717, 1.165) is 10.5 Å². The zero-order valence-corrected chi connectivity index (χ0v) is 14.4. The second kappa shape index (κ2) is 6.39. The average Bonchev–Trinajstić information content (AvgIpc) is 3.38. The van der Waals surface area contributed by atoms with Crippen molar-refractivity contribution in [3.63, 3.8) is 0 Å². The average molecular weight is 392 g/mol. The van der Waals surface area contributed by atoms with Gasteiger partial charge < -0.3 is 19.5 Å². The first kappa shape index (κ1) is 18.1. The molecule has 1 saturated heterocycles. The van der Waals surface area contributed by atoms with Crippen LogP contribution in [0.15, 0.2) is 41.5 Å². The molecule has 1 aliphatic heterocycles. The summed E-state index contributed by atoms with van der Waals surface area (Å²) in [7, 11) is 0. The predicted octanol–water partition coefficient (Wildman–Crippen LogP) is 2.70. The highest BCUT2D eigenvalue weighted by molar-refractivity contribution is 5.96. The molecule has 146 valence electrons. The SMILES string of the molecule is NC(=O)C1CCCN1C(=O)c1cn2cc(-c3ccoc3)cc(C(F)(F)F)c2n1. The first-order valence-corrected chi connectivity index (χ1v) is 8.48. The van der Waals surface area contributed by atoms with E-state index in [9.17, 15) is 22.8 Å². The molecule has 3 aromatic heterocycles. The molecular weight excluding hydrogens is 377 g/mol. The molecule has 0 aliphatic carbocycles. The number of amides is 2. The summed E-state index contributed by atoms with van der Waals surface area (Å²) in [5.74, 6) is -1.27. The number of fused-ring (bicyclic) bond motifs is 1. The highest BCUT2D eigenvalue weighted by Crippen LogP contribution is 2.35. The molecule has 2 amide bonds. The summed E-state index contributed by atoms with van der Waals surface area (Å²) in [4.78, 5) is 29.5. The van der Waals surface area contributed by atoms with E-state index < -0.39 is 35.2 Å². The number of hydrogen-bond acceptors (Lipinski definition) is 4. The lowest BCUT2D eigenvalue weighted by Crippen LogP contribution is -2.43. The molecule has 3 aromatic rings. The number of hydrogen-bond donors (Lipinski definition) is 1. The van der Waals surface area contributed by atoms with Crippen molar-refractivity contribution < 1.29 is 27.2 Å². The van der Waals surface area contributed by atoms with E-state index in [1.54, 1.807) is 0 Å². The quantitative estimate of drug-likeness (QED) is 0.742. The number of likely N-dealkylation sites (tertiary alicyclic amines) is 1. The molecule has 28 heavy (non-hydrogen) atoms. The Hall–Kier alpha value is -3.30. The lowest BCUT2D eigenvalue weighted by atomic mass is 10.1. The number of carbonyl (C=O) groups excluding carboxylic acids is 2. The maximum Gasteiger partial charge on any atom is 0.420 e. The molecule has 0 spiro atoms. The Kier molecular flexibility index (Phi) is 4.13. The van der Waals surface area contributed by atoms with Crippen LogP contribution in [0.2, 0.25) is 0 Å². The second-order valence-electron chi connectivity index (χ2n) is 6.57. The Bertz CT molecular complexity index is 1060. The van der Waals surface area contributed by atoms with E-state index in [0.29, 0.717) is 24.9 Å². The van der Waals surface area contributed by atoms with Crippen molar-refractivity contribution in [3.8, 4) is 11.1 Å². The smallest absolute Gasteiger partial charge is 0.420 e. The van der Waals surface area contributed by atoms with Gasteiger partial charge in [0.1, 0.15) is 17.4 Å². The normalized spacial score (nSPS) is 17.4. The number of nitrogens with zero attached hydrogens (tertiary/aromatic N) is 3. The molecular formula is C18H15F3N4O3. The zero-order chi connectivity index (χ0) is 20.1. The molecule has 1 fully saturated rings. The minimum absolute atomic E-state index is 0.178. The van der Waals surface area contributed by atoms with E-state index in [1.165, 1.54) is 35.9 Å². The van der Waals surface area contributed by atoms with Crippen LogP contribution in [0, 0.1) is 0 Å². The fraction of sp³-hybridized carbons (Fsp3) is 0.278. The van der Waals surface area contributed by atoms with Crippen LogP contribution in [0.1, 0.15) is 28.9 Å². The van der Waals surface area contributed by atoms with Crippen LogP contribution in [0.4, 0.5) is 13.2 Å². The summed E-state index contributed by atoms with van der Waals surface area (Å²) in [5, 5.41) is 0. The number of rotatable bonds is 3. The molecule has 0 aromatic carbocycles. The molecule has 2 N–H and O–H groups in total. The van der Waals surface area contributed by atoms with Crippen molar-refractivity contribution in [2.45, 2.75) is 25.1 Å². The van der Waals surface area contributed by atoms with Crippen molar-refractivity contribution in [3.05, 3.63) is 48.3 Å². The van der Waals surface area contributed by atoms with Crippen molar-refractivity contribution in [2.24, 2.45) is 5.73 Å². The Morgan fingerprint density at radius 1 is 1.25 bits per heavy atom. The summed E-state index contributed by atoms with van der Waals surface area (Å²) >= 11 is 0. The summed E-state index contributed by atoms with van der Waals surface area (Å²) < 4.78 is 46.9. The molecule has 4 rings (SSSR count). The largest absolute Gasteiger partial charge is 0.472 e. The highest BCUT2D eigenvalue weighted by Gasteiger charge is 2.37. The Morgan fingerprint density at radius 2 is 2.04 bits per heavy atom. The number of alkyl halides is 3. The predicted molar refractivity (Wildman–Crippen MR) is 91.1 cm³/mol. The molecule has 4 heterocycles. The molecule has 1 aliphatic rings. The fourth-order valence-electron chi connectivity index (χ4n) is 3.45. The second-order valence-corrected chi connectivity index (χ2v) is 6.57. The topological polar surface area (TPSA) is 93.8 Å². The maximum atomic E-state index is 13.6. The summed E-state index contributed by atoms with van der Waals surface area (Å²) in [5.41, 5.74) is 4.50. The first-order valence-electron chi connectivity index (χ1n) is 8.48. The highest BCUT2D eigenvalue weighted by atomic mass is 19.4. The van der Waals surface area contributed by atoms with Gasteiger partial charge in [0.25, 0.3) is 5.91 Å². The molecule has 1 atom stereocenters. The Labute approximate surface area is 156 Å². The van der Waals surface area contributed by atoms with Gasteiger partial charge in [-0.2, -0.15) is 13.2 Å². The number of nitrogens with two attached hydrogens (primary N) is 1. The van der Waals surface area contributed by atoms with Crippen LogP contribution in [0.25, 0.3) is 16.8 Å². The third-order valence-electron chi connectivity index (χ3n) is 4.77. The molecule has 0 saturated carbocycles. The van der Waals surface area contributed by atoms with E-state index >= 15 is 0 Å². The standard InChI is InChI=1S/C18H15F3N4O3/c19-18(20,21)12-6-11(10-3-5-28-9-10)7-24-8-13(23-16(12)24)17(27)25-4-1-2-14(25)15(22)26/h3,5-9,14H,1-2,4H2,(H2,22,26). The zero-order valence-electron chi connectivity index (χ0n) is 14.4. The molecule has 0 radical (unpaired) electrons. The van der Waals surface area contributed by atoms with Gasteiger partial charge in [0, 0.05) is 30.1 Å². The number of carbonyl (C=O) groups is 2. The molecule has 7 nitrogen and oxygen atoms in total. The van der Waals surface area contributed by atoms with Crippen molar-refractivity contribution >= 4 is 17.5 Å². The first-order chi connectivity index (χ1) is 13.3. The minimum Gasteiger partial charge on any atom is -0.472 e. The van der Waals surface area contributed by atoms with Crippen LogP contribution in [0.5, 0.6) is 0 Å². The minimum atomic E-state index is -4.67. The fourth-order valence-corrected chi connectivity index (χ4v) is 3.45. The van der Waals surface area contributed by atoms with E-state index in [4.69, 9.17) is 10.2 Å². The van der Waals surface area contributed by atoms with E-state index in [2.05, 4.69) is 4.98 Å². The van der Waals surface area contributed by atoms with Crippen LogP contribution < -0.4 is 5.73 Å². The van der Waals surface area contributed by atoms with Crippen molar-refractivity contribution in [2.75, 3.05) is 6.54 Å². The lowest BCUT2D eigenvalue weighted by molar-refractivity contribution is -0.136. The van der Waals surface area contributed by atoms with Crippen LogP contribution >= 0.6 is 0 Å². The van der Waals surface area contributed by atoms with Gasteiger partial charge in [0.15, 0.2) is 0 Å². The molecule has 10 heteroatoms. The van der Waals surface area contributed by atoms with E-state index in [1.807, 2.05) is 0 Å². The summed E-state index contributed by atoms with van der Waals surface area (Å²) in [6.07, 6.45) is 1.69. The summed E-state index contributed by atoms with van der Waals surface area (Å²) in [6.45, 7) is 0.298. The third-order valence-corrected chi connectivity index (χ3v) is 4.77. The number of pyridine rings is 1. The van der Waals surface area contributed by atoms with Crippen LogP contribution in [-0.2, 0) is 11.0 Å². The maximum absolute atomic E-state index is 13.6. The van der Waals surface area contributed by atoms with Crippen molar-refractivity contribution in [1.29, 1.82) is 0 Å². The number of primary amides is 1. The van der Waals surface area contributed by atoms with E-state index in [-0.39, 0.29) is 11.3 Å². The van der Waals surface area contributed by atoms with Crippen LogP contribution in [0.3, 0.4) is 0 Å². The Morgan fingerprint density at radius 3 is 2.68 bits per heavy atom. The number of furan rings is 1. The van der Waals surface area contributed by atoms with Crippen LogP contribution in [-0.4, -0.2) is 38.7 Å². The van der Waals surface area contributed by atoms with Gasteiger partial charge in [0.2, 0.25) is 5.91 Å². The number of imidazole rings is 1. The third kappa shape index (κ3) is 3.00. The number of aromatic nitrogens is 2. The molecule has 0 bridgehead atoms. The van der Waals surface area contributed by atoms with Gasteiger partial charge in [-0.15, -0.1) is 0 Å². The van der Waals surface area contributed by atoms with Gasteiger partial charge in [-0.05, 0) is 25.0 Å². The van der Waals surface area contributed by atoms with Gasteiger partial charge >= 0.3 is 6.18 Å². The van der Waals surface area contributed by atoms with Gasteiger partial charge in [0.05, 0.1) is 18.1 Å². The monoisotopic (exact) mass is 392 g/mol. The van der Waals surface area contributed by atoms with Crippen molar-refractivity contribution in [1.82, 2.24) is 14.3 Å². The van der Waals surface area contributed by atoms with Gasteiger partial charge in [-0.3, -0.25) is 9.59 Å². The number of halogens is 3. The van der Waals surface area contributed by atoms with Gasteiger partial charge in [-0.25, -0.2) is 4.98 Å². The summed E-state index contributed by atoms with van der Waals surface area (Å²) in [6, 6.07) is 1.72.